The molecule has 2 amide bonds. The minimum Gasteiger partial charge on any atom is -0.351 e. The van der Waals surface area contributed by atoms with Crippen LogP contribution in [-0.2, 0) is 21.1 Å². The highest BCUT2D eigenvalue weighted by Gasteiger charge is 2.51. The van der Waals surface area contributed by atoms with Crippen LogP contribution >= 0.6 is 0 Å². The zero-order valence-corrected chi connectivity index (χ0v) is 15.6. The SMILES string of the molecule is CCc1cc(C(=O)N2CCN(C(=O)C3CCC3)[C@@H]3CS(=O)(=O)C[C@@H]32)on1. The first-order valence-electron chi connectivity index (χ1n) is 9.17. The van der Waals surface area contributed by atoms with E-state index in [1.54, 1.807) is 15.9 Å². The summed E-state index contributed by atoms with van der Waals surface area (Å²) in [6.07, 6.45) is 3.45. The van der Waals surface area contributed by atoms with Crippen LogP contribution in [0.1, 0.15) is 42.4 Å². The zero-order valence-electron chi connectivity index (χ0n) is 14.8. The van der Waals surface area contributed by atoms with Crippen molar-refractivity contribution in [2.24, 2.45) is 5.92 Å². The average molecular weight is 381 g/mol. The van der Waals surface area contributed by atoms with Crippen LogP contribution in [0, 0.1) is 5.92 Å². The van der Waals surface area contributed by atoms with Crippen LogP contribution < -0.4 is 0 Å². The molecule has 1 saturated carbocycles. The Bertz CT molecular complexity index is 829. The molecule has 8 nitrogen and oxygen atoms in total. The predicted octanol–water partition coefficient (Wildman–Crippen LogP) is 0.487. The van der Waals surface area contributed by atoms with Crippen LogP contribution in [0.5, 0.6) is 0 Å². The van der Waals surface area contributed by atoms with Crippen molar-refractivity contribution in [3.05, 3.63) is 17.5 Å². The standard InChI is InChI=1S/C17H23N3O5S/c1-2-12-8-15(25-18-12)17(22)20-7-6-19(16(21)11-4-3-5-11)13-9-26(23,24)10-14(13)20/h8,11,13-14H,2-7,9-10H2,1H3/t13-,14+/m1/s1. The molecule has 2 saturated heterocycles. The maximum absolute atomic E-state index is 12.9. The molecule has 0 unspecified atom stereocenters. The van der Waals surface area contributed by atoms with Gasteiger partial charge >= 0.3 is 0 Å². The summed E-state index contributed by atoms with van der Waals surface area (Å²) < 4.78 is 29.7. The fourth-order valence-corrected chi connectivity index (χ4v) is 6.07. The van der Waals surface area contributed by atoms with Gasteiger partial charge in [-0.3, -0.25) is 9.59 Å². The Morgan fingerprint density at radius 3 is 2.42 bits per heavy atom. The number of aryl methyl sites for hydroxylation is 1. The minimum absolute atomic E-state index is 0.0163. The number of rotatable bonds is 3. The Balaban J connectivity index is 1.58. The second kappa shape index (κ2) is 6.37. The summed E-state index contributed by atoms with van der Waals surface area (Å²) in [6, 6.07) is 0.631. The molecule has 26 heavy (non-hydrogen) atoms. The molecule has 4 rings (SSSR count). The molecule has 0 N–H and O–H groups in total. The predicted molar refractivity (Wildman–Crippen MR) is 92.2 cm³/mol. The lowest BCUT2D eigenvalue weighted by Crippen LogP contribution is -2.63. The smallest absolute Gasteiger partial charge is 0.292 e. The van der Waals surface area contributed by atoms with Gasteiger partial charge in [0.05, 0.1) is 29.3 Å². The van der Waals surface area contributed by atoms with Gasteiger partial charge in [0.1, 0.15) is 0 Å². The van der Waals surface area contributed by atoms with Crippen LogP contribution in [0.3, 0.4) is 0 Å². The number of piperazine rings is 1. The monoisotopic (exact) mass is 381 g/mol. The van der Waals surface area contributed by atoms with Gasteiger partial charge in [-0.05, 0) is 19.3 Å². The molecule has 2 aliphatic heterocycles. The summed E-state index contributed by atoms with van der Waals surface area (Å²) in [6.45, 7) is 2.60. The second-order valence-electron chi connectivity index (χ2n) is 7.41. The molecule has 0 bridgehead atoms. The van der Waals surface area contributed by atoms with Crippen LogP contribution in [0.25, 0.3) is 0 Å². The lowest BCUT2D eigenvalue weighted by molar-refractivity contribution is -0.143. The number of aromatic nitrogens is 1. The Morgan fingerprint density at radius 1 is 1.19 bits per heavy atom. The van der Waals surface area contributed by atoms with Crippen molar-refractivity contribution in [3.8, 4) is 0 Å². The Kier molecular flexibility index (Phi) is 4.29. The summed E-state index contributed by atoms with van der Waals surface area (Å²) in [7, 11) is -3.29. The van der Waals surface area contributed by atoms with E-state index in [-0.39, 0.29) is 35.0 Å². The zero-order chi connectivity index (χ0) is 18.5. The lowest BCUT2D eigenvalue weighted by atomic mass is 9.83. The summed E-state index contributed by atoms with van der Waals surface area (Å²) in [4.78, 5) is 28.8. The number of carbonyl (C=O) groups excluding carboxylic acids is 2. The van der Waals surface area contributed by atoms with E-state index in [4.69, 9.17) is 4.52 Å². The third kappa shape index (κ3) is 2.91. The van der Waals surface area contributed by atoms with E-state index >= 15 is 0 Å². The van der Waals surface area contributed by atoms with Crippen molar-refractivity contribution in [1.29, 1.82) is 0 Å². The van der Waals surface area contributed by atoms with Gasteiger partial charge in [0.15, 0.2) is 9.84 Å². The van der Waals surface area contributed by atoms with Crippen LogP contribution in [0.4, 0.5) is 0 Å². The molecule has 0 aromatic carbocycles. The quantitative estimate of drug-likeness (QED) is 0.755. The van der Waals surface area contributed by atoms with Crippen molar-refractivity contribution < 1.29 is 22.5 Å². The molecule has 3 aliphatic rings. The number of amides is 2. The summed E-state index contributed by atoms with van der Waals surface area (Å²) in [5.74, 6) is -0.335. The maximum atomic E-state index is 12.9. The fourth-order valence-electron chi connectivity index (χ4n) is 4.09. The first-order valence-corrected chi connectivity index (χ1v) is 11.0. The Morgan fingerprint density at radius 2 is 1.85 bits per heavy atom. The average Bonchev–Trinajstić information content (AvgIpc) is 3.14. The molecule has 2 atom stereocenters. The van der Waals surface area contributed by atoms with Gasteiger partial charge in [-0.15, -0.1) is 0 Å². The number of hydrogen-bond acceptors (Lipinski definition) is 6. The topological polar surface area (TPSA) is 101 Å². The maximum Gasteiger partial charge on any atom is 0.292 e. The molecule has 142 valence electrons. The highest BCUT2D eigenvalue weighted by atomic mass is 32.2. The number of carbonyl (C=O) groups is 2. The lowest BCUT2D eigenvalue weighted by Gasteiger charge is -2.45. The van der Waals surface area contributed by atoms with Gasteiger partial charge in [-0.2, -0.15) is 0 Å². The minimum atomic E-state index is -3.29. The van der Waals surface area contributed by atoms with E-state index in [1.165, 1.54) is 0 Å². The van der Waals surface area contributed by atoms with E-state index in [0.717, 1.165) is 19.3 Å². The first-order chi connectivity index (χ1) is 12.4. The number of hydrogen-bond donors (Lipinski definition) is 0. The van der Waals surface area contributed by atoms with Gasteiger partial charge in [0.25, 0.3) is 5.91 Å². The molecule has 9 heteroatoms. The third-order valence-corrected chi connectivity index (χ3v) is 7.51. The summed E-state index contributed by atoms with van der Waals surface area (Å²) in [5.41, 5.74) is 0.683. The Hall–Kier alpha value is -1.90. The van der Waals surface area contributed by atoms with Gasteiger partial charge in [-0.25, -0.2) is 8.42 Å². The van der Waals surface area contributed by atoms with E-state index in [1.807, 2.05) is 6.92 Å². The third-order valence-electron chi connectivity index (χ3n) is 5.81. The largest absolute Gasteiger partial charge is 0.351 e. The van der Waals surface area contributed by atoms with Crippen molar-refractivity contribution in [2.75, 3.05) is 24.6 Å². The fraction of sp³-hybridized carbons (Fsp3) is 0.706. The van der Waals surface area contributed by atoms with Crippen LogP contribution in [0.2, 0.25) is 0 Å². The van der Waals surface area contributed by atoms with Crippen LogP contribution in [0.15, 0.2) is 10.6 Å². The van der Waals surface area contributed by atoms with Crippen molar-refractivity contribution in [2.45, 2.75) is 44.7 Å². The highest BCUT2D eigenvalue weighted by molar-refractivity contribution is 7.91. The molecular formula is C17H23N3O5S. The molecule has 0 radical (unpaired) electrons. The van der Waals surface area contributed by atoms with Crippen molar-refractivity contribution >= 4 is 21.7 Å². The molecule has 1 aliphatic carbocycles. The molecule has 1 aromatic heterocycles. The number of nitrogens with zero attached hydrogens (tertiary/aromatic N) is 3. The molecular weight excluding hydrogens is 358 g/mol. The molecule has 0 spiro atoms. The van der Waals surface area contributed by atoms with E-state index in [9.17, 15) is 18.0 Å². The summed E-state index contributed by atoms with van der Waals surface area (Å²) in [5, 5.41) is 3.84. The molecule has 3 heterocycles. The molecule has 3 fully saturated rings. The van der Waals surface area contributed by atoms with Gasteiger partial charge < -0.3 is 14.3 Å². The second-order valence-corrected chi connectivity index (χ2v) is 9.56. The number of sulfone groups is 1. The highest BCUT2D eigenvalue weighted by Crippen LogP contribution is 2.34. The first kappa shape index (κ1) is 17.5. The van der Waals surface area contributed by atoms with Crippen molar-refractivity contribution in [3.63, 3.8) is 0 Å². The molecule has 1 aromatic rings. The van der Waals surface area contributed by atoms with Gasteiger partial charge in [0, 0.05) is 25.1 Å². The van der Waals surface area contributed by atoms with Crippen molar-refractivity contribution in [1.82, 2.24) is 15.0 Å². The van der Waals surface area contributed by atoms with Gasteiger partial charge in [-0.1, -0.05) is 18.5 Å². The van der Waals surface area contributed by atoms with E-state index in [0.29, 0.717) is 25.2 Å². The van der Waals surface area contributed by atoms with Gasteiger partial charge in [0.2, 0.25) is 11.7 Å². The van der Waals surface area contributed by atoms with E-state index < -0.39 is 21.9 Å². The van der Waals surface area contributed by atoms with Crippen LogP contribution in [-0.4, -0.2) is 71.9 Å². The Labute approximate surface area is 152 Å². The summed E-state index contributed by atoms with van der Waals surface area (Å²) >= 11 is 0. The van der Waals surface area contributed by atoms with E-state index in [2.05, 4.69) is 5.16 Å². The number of fused-ring (bicyclic) bond motifs is 1. The normalized spacial score (nSPS) is 27.9.